The largest absolute Gasteiger partial charge is 0.486 e. The first-order valence-electron chi connectivity index (χ1n) is 7.85. The van der Waals surface area contributed by atoms with Crippen LogP contribution in [-0.2, 0) is 17.8 Å². The fourth-order valence-corrected chi connectivity index (χ4v) is 3.26. The Morgan fingerprint density at radius 3 is 2.87 bits per heavy atom. The molecule has 0 radical (unpaired) electrons. The monoisotopic (exact) mass is 315 g/mol. The van der Waals surface area contributed by atoms with Gasteiger partial charge in [0.1, 0.15) is 17.0 Å². The van der Waals surface area contributed by atoms with Crippen molar-refractivity contribution in [2.75, 3.05) is 0 Å². The van der Waals surface area contributed by atoms with Crippen molar-refractivity contribution in [2.45, 2.75) is 52.2 Å². The maximum absolute atomic E-state index is 12.8. The molecule has 6 heteroatoms. The first-order valence-corrected chi connectivity index (χ1v) is 7.85. The molecular weight excluding hydrogens is 294 g/mol. The number of rotatable bonds is 3. The third-order valence-corrected chi connectivity index (χ3v) is 4.41. The van der Waals surface area contributed by atoms with Crippen molar-refractivity contribution in [3.05, 3.63) is 33.7 Å². The van der Waals surface area contributed by atoms with Gasteiger partial charge in [0, 0.05) is 12.2 Å². The average Bonchev–Trinajstić information content (AvgIpc) is 2.46. The van der Waals surface area contributed by atoms with E-state index in [1.807, 2.05) is 32.9 Å². The Balaban J connectivity index is 2.25. The zero-order chi connectivity index (χ0) is 16.8. The lowest BCUT2D eigenvalue weighted by Gasteiger charge is -2.35. The van der Waals surface area contributed by atoms with E-state index in [2.05, 4.69) is 4.98 Å². The number of nitrogens with zero attached hydrogens (tertiary/aromatic N) is 2. The molecule has 0 spiro atoms. The topological polar surface area (TPSA) is 87.2 Å². The maximum Gasteiger partial charge on any atom is 0.259 e. The number of primary amides is 1. The minimum atomic E-state index is -0.679. The summed E-state index contributed by atoms with van der Waals surface area (Å²) in [5.74, 6) is 0.147. The second-order valence-electron chi connectivity index (χ2n) is 6.38. The number of aryl methyl sites for hydroxylation is 2. The fraction of sp³-hybridized carbons (Fsp3) is 0.471. The normalized spacial score (nSPS) is 20.1. The van der Waals surface area contributed by atoms with Crippen LogP contribution in [0.1, 0.15) is 37.9 Å². The third kappa shape index (κ3) is 2.58. The molecule has 0 fully saturated rings. The number of nitrogens with two attached hydrogens (primary N) is 1. The summed E-state index contributed by atoms with van der Waals surface area (Å²) < 4.78 is 7.79. The van der Waals surface area contributed by atoms with Gasteiger partial charge in [0.2, 0.25) is 5.91 Å². The van der Waals surface area contributed by atoms with Gasteiger partial charge >= 0.3 is 0 Å². The molecule has 1 amide bonds. The summed E-state index contributed by atoms with van der Waals surface area (Å²) in [7, 11) is 0. The summed E-state index contributed by atoms with van der Waals surface area (Å²) in [6.07, 6.45) is 1.29. The molecule has 3 heterocycles. The minimum absolute atomic E-state index is 0.0609. The summed E-state index contributed by atoms with van der Waals surface area (Å²) in [6, 6.07) is 3.83. The van der Waals surface area contributed by atoms with Gasteiger partial charge in [-0.25, -0.2) is 4.98 Å². The molecule has 2 aromatic heterocycles. The van der Waals surface area contributed by atoms with E-state index in [0.717, 1.165) is 11.1 Å². The van der Waals surface area contributed by atoms with Crippen molar-refractivity contribution >= 4 is 16.9 Å². The van der Waals surface area contributed by atoms with Crippen molar-refractivity contribution in [2.24, 2.45) is 5.73 Å². The van der Waals surface area contributed by atoms with E-state index >= 15 is 0 Å². The van der Waals surface area contributed by atoms with E-state index in [1.165, 1.54) is 0 Å². The standard InChI is InChI=1S/C17H21N3O3/c1-4-20-15-11(6-5-10(2)19-15)14-12(16(20)22)7-8-17(3,23-14)9-13(18)21/h5-6H,4,7-9H2,1-3H3,(H2,18,21). The molecule has 3 rings (SSSR count). The first-order chi connectivity index (χ1) is 10.8. The lowest BCUT2D eigenvalue weighted by molar-refractivity contribution is -0.122. The molecule has 2 aromatic rings. The number of amides is 1. The average molecular weight is 315 g/mol. The number of carbonyl (C=O) groups is 1. The predicted molar refractivity (Wildman–Crippen MR) is 87.6 cm³/mol. The second kappa shape index (κ2) is 5.37. The summed E-state index contributed by atoms with van der Waals surface area (Å²) in [5.41, 5.74) is 6.73. The second-order valence-corrected chi connectivity index (χ2v) is 6.38. The van der Waals surface area contributed by atoms with Crippen LogP contribution in [-0.4, -0.2) is 21.1 Å². The molecular formula is C17H21N3O3. The zero-order valence-corrected chi connectivity index (χ0v) is 13.7. The number of hydrogen-bond donors (Lipinski definition) is 1. The van der Waals surface area contributed by atoms with Gasteiger partial charge in [0.25, 0.3) is 5.56 Å². The van der Waals surface area contributed by atoms with Crippen molar-refractivity contribution in [1.82, 2.24) is 9.55 Å². The number of ether oxygens (including phenoxy) is 1. The smallest absolute Gasteiger partial charge is 0.259 e. The molecule has 2 N–H and O–H groups in total. The summed E-state index contributed by atoms with van der Waals surface area (Å²) in [5, 5.41) is 0.808. The molecule has 0 aliphatic carbocycles. The van der Waals surface area contributed by atoms with E-state index < -0.39 is 11.5 Å². The quantitative estimate of drug-likeness (QED) is 0.933. The van der Waals surface area contributed by atoms with Crippen LogP contribution < -0.4 is 16.0 Å². The molecule has 0 aromatic carbocycles. The molecule has 23 heavy (non-hydrogen) atoms. The minimum Gasteiger partial charge on any atom is -0.486 e. The van der Waals surface area contributed by atoms with Crippen LogP contribution in [0.25, 0.3) is 11.0 Å². The van der Waals surface area contributed by atoms with Crippen molar-refractivity contribution < 1.29 is 9.53 Å². The van der Waals surface area contributed by atoms with Gasteiger partial charge in [-0.15, -0.1) is 0 Å². The molecule has 1 aliphatic rings. The van der Waals surface area contributed by atoms with E-state index in [-0.39, 0.29) is 12.0 Å². The SMILES string of the molecule is CCn1c(=O)c2c(c3ccc(C)nc31)OC(C)(CC(N)=O)CC2. The van der Waals surface area contributed by atoms with Gasteiger partial charge in [0.15, 0.2) is 0 Å². The Labute approximate surface area is 134 Å². The lowest BCUT2D eigenvalue weighted by atomic mass is 9.89. The lowest BCUT2D eigenvalue weighted by Crippen LogP contribution is -2.42. The number of pyridine rings is 2. The highest BCUT2D eigenvalue weighted by Crippen LogP contribution is 2.38. The molecule has 1 atom stereocenters. The molecule has 0 saturated heterocycles. The van der Waals surface area contributed by atoms with E-state index in [1.54, 1.807) is 4.57 Å². The van der Waals surface area contributed by atoms with Crippen molar-refractivity contribution in [3.63, 3.8) is 0 Å². The number of carbonyl (C=O) groups excluding carboxylic acids is 1. The molecule has 0 bridgehead atoms. The van der Waals surface area contributed by atoms with Gasteiger partial charge in [0.05, 0.1) is 17.4 Å². The molecule has 1 aliphatic heterocycles. The van der Waals surface area contributed by atoms with Crippen LogP contribution in [0.15, 0.2) is 16.9 Å². The highest BCUT2D eigenvalue weighted by molar-refractivity contribution is 5.84. The highest BCUT2D eigenvalue weighted by atomic mass is 16.5. The van der Waals surface area contributed by atoms with Crippen LogP contribution >= 0.6 is 0 Å². The summed E-state index contributed by atoms with van der Waals surface area (Å²) >= 11 is 0. The third-order valence-electron chi connectivity index (χ3n) is 4.41. The molecule has 0 saturated carbocycles. The molecule has 122 valence electrons. The Morgan fingerprint density at radius 2 is 2.22 bits per heavy atom. The Morgan fingerprint density at radius 1 is 1.48 bits per heavy atom. The number of hydrogen-bond acceptors (Lipinski definition) is 4. The van der Waals surface area contributed by atoms with Gasteiger partial charge in [-0.1, -0.05) is 0 Å². The van der Waals surface area contributed by atoms with E-state index in [4.69, 9.17) is 10.5 Å². The zero-order valence-electron chi connectivity index (χ0n) is 13.7. The first kappa shape index (κ1) is 15.5. The molecule has 1 unspecified atom stereocenters. The van der Waals surface area contributed by atoms with Crippen LogP contribution in [0.3, 0.4) is 0 Å². The van der Waals surface area contributed by atoms with Crippen LogP contribution in [0.4, 0.5) is 0 Å². The highest BCUT2D eigenvalue weighted by Gasteiger charge is 2.36. The predicted octanol–water partition coefficient (Wildman–Crippen LogP) is 1.68. The van der Waals surface area contributed by atoms with Gasteiger partial charge in [-0.3, -0.25) is 14.2 Å². The van der Waals surface area contributed by atoms with Crippen molar-refractivity contribution in [3.8, 4) is 5.75 Å². The van der Waals surface area contributed by atoms with Crippen LogP contribution in [0, 0.1) is 6.92 Å². The Kier molecular flexibility index (Phi) is 3.62. The van der Waals surface area contributed by atoms with Crippen molar-refractivity contribution in [1.29, 1.82) is 0 Å². The summed E-state index contributed by atoms with van der Waals surface area (Å²) in [4.78, 5) is 28.6. The van der Waals surface area contributed by atoms with Gasteiger partial charge in [-0.05, 0) is 45.7 Å². The fourth-order valence-electron chi connectivity index (χ4n) is 3.26. The van der Waals surface area contributed by atoms with Gasteiger partial charge in [-0.2, -0.15) is 0 Å². The van der Waals surface area contributed by atoms with E-state index in [9.17, 15) is 9.59 Å². The van der Waals surface area contributed by atoms with Crippen LogP contribution in [0.2, 0.25) is 0 Å². The Hall–Kier alpha value is -2.37. The van der Waals surface area contributed by atoms with Gasteiger partial charge < -0.3 is 10.5 Å². The van der Waals surface area contributed by atoms with E-state index in [0.29, 0.717) is 36.3 Å². The summed E-state index contributed by atoms with van der Waals surface area (Å²) in [6.45, 7) is 6.23. The maximum atomic E-state index is 12.8. The Bertz CT molecular complexity index is 856. The molecule has 6 nitrogen and oxygen atoms in total. The number of fused-ring (bicyclic) bond motifs is 3. The number of aromatic nitrogens is 2. The van der Waals surface area contributed by atoms with Crippen LogP contribution in [0.5, 0.6) is 5.75 Å².